The molecule has 0 bridgehead atoms. The Morgan fingerprint density at radius 2 is 1.50 bits per heavy atom. The number of unbranched alkanes of at least 4 members (excludes halogenated alkanes) is 8. The molecular formula is C33H48FNO3. The van der Waals surface area contributed by atoms with Gasteiger partial charge in [0, 0.05) is 6.42 Å². The zero-order chi connectivity index (χ0) is 27.3. The van der Waals surface area contributed by atoms with E-state index < -0.39 is 17.5 Å². The lowest BCUT2D eigenvalue weighted by molar-refractivity contribution is -0.180. The topological polar surface area (TPSA) is 38.8 Å². The average molecular weight is 526 g/mol. The van der Waals surface area contributed by atoms with Crippen LogP contribution in [0.3, 0.4) is 0 Å². The second-order valence-corrected chi connectivity index (χ2v) is 11.0. The van der Waals surface area contributed by atoms with Gasteiger partial charge in [0.2, 0.25) is 0 Å². The molecule has 5 heteroatoms. The van der Waals surface area contributed by atoms with Crippen LogP contribution in [0.1, 0.15) is 102 Å². The molecule has 0 radical (unpaired) electrons. The number of ether oxygens (including phenoxy) is 2. The summed E-state index contributed by atoms with van der Waals surface area (Å²) in [5, 5.41) is 0. The first kappa shape index (κ1) is 30.1. The first-order chi connectivity index (χ1) is 18.4. The number of carbonyl (C=O) groups excluding carboxylic acids is 1. The lowest BCUT2D eigenvalue weighted by atomic mass is 10.0. The summed E-state index contributed by atoms with van der Waals surface area (Å²) in [5.74, 6) is -1.72. The molecule has 1 aliphatic rings. The van der Waals surface area contributed by atoms with Gasteiger partial charge < -0.3 is 9.47 Å². The van der Waals surface area contributed by atoms with Crippen LogP contribution in [0.15, 0.2) is 54.6 Å². The number of hydrogen-bond donors (Lipinski definition) is 0. The molecule has 3 rings (SSSR count). The third-order valence-electron chi connectivity index (χ3n) is 7.84. The average Bonchev–Trinajstić information content (AvgIpc) is 3.16. The Balaban J connectivity index is 1.50. The fourth-order valence-corrected chi connectivity index (χ4v) is 5.52. The number of nitrogens with zero attached hydrogens (tertiary/aromatic N) is 1. The summed E-state index contributed by atoms with van der Waals surface area (Å²) in [5.41, 5.74) is 1.50. The van der Waals surface area contributed by atoms with E-state index in [4.69, 9.17) is 9.47 Å². The smallest absolute Gasteiger partial charge is 0.308 e. The molecular weight excluding hydrogens is 477 g/mol. The number of hydrogen-bond acceptors (Lipinski definition) is 4. The molecule has 1 heterocycles. The van der Waals surface area contributed by atoms with E-state index in [-0.39, 0.29) is 19.4 Å². The van der Waals surface area contributed by atoms with Crippen molar-refractivity contribution in [1.82, 2.24) is 4.90 Å². The normalized spacial score (nSPS) is 21.5. The number of benzene rings is 2. The predicted octanol–water partition coefficient (Wildman–Crippen LogP) is 8.42. The van der Waals surface area contributed by atoms with Crippen molar-refractivity contribution in [3.8, 4) is 5.75 Å². The van der Waals surface area contributed by atoms with Crippen molar-refractivity contribution in [2.24, 2.45) is 0 Å². The van der Waals surface area contributed by atoms with E-state index in [1.54, 1.807) is 0 Å². The second kappa shape index (κ2) is 15.3. The van der Waals surface area contributed by atoms with Gasteiger partial charge in [0.05, 0.1) is 13.0 Å². The second-order valence-electron chi connectivity index (χ2n) is 11.0. The molecule has 0 saturated carbocycles. The lowest BCUT2D eigenvalue weighted by Crippen LogP contribution is -2.46. The number of alkyl halides is 1. The Morgan fingerprint density at radius 1 is 0.868 bits per heavy atom. The van der Waals surface area contributed by atoms with Crippen molar-refractivity contribution < 1.29 is 18.7 Å². The van der Waals surface area contributed by atoms with Gasteiger partial charge >= 0.3 is 5.97 Å². The highest BCUT2D eigenvalue weighted by Crippen LogP contribution is 2.42. The zero-order valence-electron chi connectivity index (χ0n) is 23.9. The van der Waals surface area contributed by atoms with Crippen LogP contribution < -0.4 is 4.74 Å². The number of halogens is 1. The summed E-state index contributed by atoms with van der Waals surface area (Å²) >= 11 is 0. The molecule has 0 amide bonds. The molecule has 38 heavy (non-hydrogen) atoms. The van der Waals surface area contributed by atoms with E-state index in [0.717, 1.165) is 43.4 Å². The van der Waals surface area contributed by atoms with Gasteiger partial charge in [-0.15, -0.1) is 0 Å². The van der Waals surface area contributed by atoms with E-state index in [2.05, 4.69) is 37.3 Å². The van der Waals surface area contributed by atoms with Gasteiger partial charge in [0.15, 0.2) is 5.72 Å². The molecule has 2 aromatic carbocycles. The summed E-state index contributed by atoms with van der Waals surface area (Å²) in [6.45, 7) is 4.24. The monoisotopic (exact) mass is 525 g/mol. The largest absolute Gasteiger partial charge is 0.472 e. The van der Waals surface area contributed by atoms with Gasteiger partial charge in [-0.2, -0.15) is 4.39 Å². The number of rotatable bonds is 17. The molecule has 1 fully saturated rings. The number of likely N-dealkylation sites (N-methyl/N-ethyl adjacent to an activating group) is 1. The predicted molar refractivity (Wildman–Crippen MR) is 153 cm³/mol. The van der Waals surface area contributed by atoms with Gasteiger partial charge in [-0.1, -0.05) is 114 Å². The molecule has 0 aliphatic carbocycles. The fraction of sp³-hybridized carbons (Fsp3) is 0.606. The Hall–Kier alpha value is -2.40. The van der Waals surface area contributed by atoms with E-state index in [1.807, 2.05) is 43.1 Å². The van der Waals surface area contributed by atoms with E-state index >= 15 is 4.39 Å². The minimum Gasteiger partial charge on any atom is -0.472 e. The Labute approximate surface area is 229 Å². The van der Waals surface area contributed by atoms with E-state index in [0.29, 0.717) is 6.42 Å². The first-order valence-corrected chi connectivity index (χ1v) is 14.8. The van der Waals surface area contributed by atoms with Crippen molar-refractivity contribution in [1.29, 1.82) is 0 Å². The van der Waals surface area contributed by atoms with Crippen LogP contribution in [0.2, 0.25) is 0 Å². The molecule has 0 aromatic heterocycles. The third-order valence-corrected chi connectivity index (χ3v) is 7.84. The molecule has 2 atom stereocenters. The van der Waals surface area contributed by atoms with Crippen LogP contribution in [0.5, 0.6) is 5.75 Å². The molecule has 1 aliphatic heterocycles. The number of aryl methyl sites for hydroxylation is 2. The Kier molecular flexibility index (Phi) is 12.1. The zero-order valence-corrected chi connectivity index (χ0v) is 23.9. The number of esters is 1. The summed E-state index contributed by atoms with van der Waals surface area (Å²) in [4.78, 5) is 14.4. The van der Waals surface area contributed by atoms with Crippen LogP contribution >= 0.6 is 0 Å². The van der Waals surface area contributed by atoms with E-state index in [1.165, 1.54) is 44.1 Å². The van der Waals surface area contributed by atoms with Crippen molar-refractivity contribution in [2.75, 3.05) is 13.6 Å². The lowest BCUT2D eigenvalue weighted by Gasteiger charge is -2.35. The van der Waals surface area contributed by atoms with Crippen LogP contribution in [-0.4, -0.2) is 36.0 Å². The maximum Gasteiger partial charge on any atom is 0.308 e. The van der Waals surface area contributed by atoms with E-state index in [9.17, 15) is 4.79 Å². The highest BCUT2D eigenvalue weighted by atomic mass is 19.2. The fourth-order valence-electron chi connectivity index (χ4n) is 5.52. The highest BCUT2D eigenvalue weighted by Gasteiger charge is 2.56. The molecule has 2 aromatic rings. The van der Waals surface area contributed by atoms with Gasteiger partial charge in [-0.3, -0.25) is 9.69 Å². The minimum absolute atomic E-state index is 0.00349. The summed E-state index contributed by atoms with van der Waals surface area (Å²) < 4.78 is 27.9. The number of para-hydroxylation sites is 1. The summed E-state index contributed by atoms with van der Waals surface area (Å²) in [6, 6.07) is 18.4. The standard InChI is InChI=1S/C33H48FNO3/c1-4-6-7-8-9-10-11-12-16-23-31(36)38-32(34)26-33(5-2,35(3)27-32)37-30-22-18-17-21-29(30)25-24-28-19-14-13-15-20-28/h13-15,17-22H,4-12,16,23-27H2,1-3H3. The SMILES string of the molecule is CCCCCCCCCCCC(=O)OC1(F)CN(C)C(CC)(Oc2ccccc2CCc2ccccc2)C1. The quantitative estimate of drug-likeness (QED) is 0.153. The van der Waals surface area contributed by atoms with Crippen molar-refractivity contribution >= 4 is 5.97 Å². The van der Waals surface area contributed by atoms with Gasteiger partial charge in [0.25, 0.3) is 5.85 Å². The van der Waals surface area contributed by atoms with Crippen LogP contribution in [0.25, 0.3) is 0 Å². The molecule has 0 N–H and O–H groups in total. The van der Waals surface area contributed by atoms with Crippen molar-refractivity contribution in [3.63, 3.8) is 0 Å². The van der Waals surface area contributed by atoms with Crippen LogP contribution in [-0.2, 0) is 22.4 Å². The van der Waals surface area contributed by atoms with Crippen LogP contribution in [0.4, 0.5) is 4.39 Å². The number of carbonyl (C=O) groups is 1. The van der Waals surface area contributed by atoms with Crippen LogP contribution in [0, 0.1) is 0 Å². The third kappa shape index (κ3) is 9.11. The molecule has 1 saturated heterocycles. The van der Waals surface area contributed by atoms with Crippen molar-refractivity contribution in [2.45, 2.75) is 115 Å². The van der Waals surface area contributed by atoms with Gasteiger partial charge in [-0.05, 0) is 49.9 Å². The Morgan fingerprint density at radius 3 is 2.18 bits per heavy atom. The minimum atomic E-state index is -2.04. The highest BCUT2D eigenvalue weighted by molar-refractivity contribution is 5.69. The Bertz CT molecular complexity index is 968. The molecule has 0 spiro atoms. The molecule has 2 unspecified atom stereocenters. The summed E-state index contributed by atoms with van der Waals surface area (Å²) in [6.07, 6.45) is 13.1. The van der Waals surface area contributed by atoms with Crippen molar-refractivity contribution in [3.05, 3.63) is 65.7 Å². The maximum absolute atomic E-state index is 15.9. The maximum atomic E-state index is 15.9. The van der Waals surface area contributed by atoms with Gasteiger partial charge in [-0.25, -0.2) is 0 Å². The molecule has 4 nitrogen and oxygen atoms in total. The molecule has 210 valence electrons. The van der Waals surface area contributed by atoms with Gasteiger partial charge in [0.1, 0.15) is 5.75 Å². The number of likely N-dealkylation sites (tertiary alicyclic amines) is 1. The summed E-state index contributed by atoms with van der Waals surface area (Å²) in [7, 11) is 1.85. The first-order valence-electron chi connectivity index (χ1n) is 14.8.